The fourth-order valence-electron chi connectivity index (χ4n) is 4.40. The lowest BCUT2D eigenvalue weighted by Gasteiger charge is -2.18. The van der Waals surface area contributed by atoms with E-state index in [9.17, 15) is 14.7 Å². The standard InChI is InChI=1S/C32H37ClO7/c1-3-6-28-30(18-17-27(22(2)34)32(28)37)39-20-5-19-38-26-15-11-24(12-16-26)29(40-21-31(35)36)8-4-7-23-9-13-25(33)14-10-23/h9-18,29,37H,3-8,19-21H2,1-2H3,(H,35,36). The van der Waals surface area contributed by atoms with Crippen molar-refractivity contribution in [3.63, 3.8) is 0 Å². The van der Waals surface area contributed by atoms with Gasteiger partial charge in [-0.05, 0) is 80.1 Å². The van der Waals surface area contributed by atoms with Gasteiger partial charge in [0, 0.05) is 17.0 Å². The van der Waals surface area contributed by atoms with Crippen molar-refractivity contribution in [1.82, 2.24) is 0 Å². The van der Waals surface area contributed by atoms with Crippen LogP contribution < -0.4 is 9.47 Å². The molecule has 1 atom stereocenters. The number of hydrogen-bond acceptors (Lipinski definition) is 6. The molecule has 0 fully saturated rings. The zero-order valence-electron chi connectivity index (χ0n) is 23.0. The molecule has 1 unspecified atom stereocenters. The fraction of sp³-hybridized carbons (Fsp3) is 0.375. The molecule has 0 amide bonds. The summed E-state index contributed by atoms with van der Waals surface area (Å²) < 4.78 is 17.4. The summed E-state index contributed by atoms with van der Waals surface area (Å²) in [6, 6.07) is 18.5. The summed E-state index contributed by atoms with van der Waals surface area (Å²) in [6.07, 6.45) is 4.06. The number of carboxylic acid groups (broad SMARTS) is 1. The summed E-state index contributed by atoms with van der Waals surface area (Å²) in [4.78, 5) is 22.8. The predicted octanol–water partition coefficient (Wildman–Crippen LogP) is 7.21. The molecular formula is C32H37ClO7. The van der Waals surface area contributed by atoms with Gasteiger partial charge in [0.25, 0.3) is 0 Å². The minimum atomic E-state index is -1.00. The molecule has 0 aliphatic rings. The van der Waals surface area contributed by atoms with E-state index in [1.54, 1.807) is 12.1 Å². The van der Waals surface area contributed by atoms with Crippen molar-refractivity contribution >= 4 is 23.4 Å². The minimum Gasteiger partial charge on any atom is -0.507 e. The third kappa shape index (κ3) is 9.57. The fourth-order valence-corrected chi connectivity index (χ4v) is 4.53. The summed E-state index contributed by atoms with van der Waals surface area (Å²) in [5, 5.41) is 20.3. The number of aryl methyl sites for hydroxylation is 1. The molecule has 3 aromatic rings. The Hall–Kier alpha value is -3.55. The lowest BCUT2D eigenvalue weighted by atomic mass is 10.0. The van der Waals surface area contributed by atoms with Gasteiger partial charge in [0.15, 0.2) is 5.78 Å². The molecule has 0 aliphatic carbocycles. The van der Waals surface area contributed by atoms with E-state index in [0.717, 1.165) is 24.8 Å². The normalized spacial score (nSPS) is 11.7. The molecule has 0 saturated heterocycles. The van der Waals surface area contributed by atoms with Crippen LogP contribution in [0.1, 0.15) is 72.7 Å². The number of hydrogen-bond donors (Lipinski definition) is 2. The van der Waals surface area contributed by atoms with E-state index in [2.05, 4.69) is 0 Å². The Morgan fingerprint density at radius 1 is 0.900 bits per heavy atom. The van der Waals surface area contributed by atoms with Crippen LogP contribution in [0.15, 0.2) is 60.7 Å². The van der Waals surface area contributed by atoms with Gasteiger partial charge in [0.05, 0.1) is 24.9 Å². The maximum absolute atomic E-state index is 11.7. The van der Waals surface area contributed by atoms with Gasteiger partial charge in [-0.15, -0.1) is 0 Å². The number of phenols is 1. The smallest absolute Gasteiger partial charge is 0.329 e. The van der Waals surface area contributed by atoms with Crippen LogP contribution in [0.5, 0.6) is 17.2 Å². The van der Waals surface area contributed by atoms with Gasteiger partial charge in [-0.1, -0.05) is 49.2 Å². The van der Waals surface area contributed by atoms with Crippen molar-refractivity contribution in [3.05, 3.63) is 87.9 Å². The lowest BCUT2D eigenvalue weighted by Crippen LogP contribution is -2.12. The first kappa shape index (κ1) is 31.0. The largest absolute Gasteiger partial charge is 0.507 e. The monoisotopic (exact) mass is 568 g/mol. The van der Waals surface area contributed by atoms with Crippen LogP contribution in [0.2, 0.25) is 5.02 Å². The number of Topliss-reactive ketones (excluding diaryl/α,β-unsaturated/α-hetero) is 1. The van der Waals surface area contributed by atoms with Gasteiger partial charge in [-0.3, -0.25) is 4.79 Å². The van der Waals surface area contributed by atoms with Gasteiger partial charge >= 0.3 is 5.97 Å². The number of ketones is 1. The number of benzene rings is 3. The summed E-state index contributed by atoms with van der Waals surface area (Å²) in [5.41, 5.74) is 3.02. The summed E-state index contributed by atoms with van der Waals surface area (Å²) in [6.45, 7) is 3.90. The number of rotatable bonds is 17. The Labute approximate surface area is 240 Å². The molecule has 3 rings (SSSR count). The molecule has 8 heteroatoms. The van der Waals surface area contributed by atoms with E-state index < -0.39 is 5.97 Å². The molecule has 3 aromatic carbocycles. The number of carbonyl (C=O) groups excluding carboxylic acids is 1. The first-order chi connectivity index (χ1) is 19.3. The average Bonchev–Trinajstić information content (AvgIpc) is 2.93. The molecule has 0 heterocycles. The Morgan fingerprint density at radius 3 is 2.25 bits per heavy atom. The Balaban J connectivity index is 1.49. The Morgan fingerprint density at radius 2 is 1.60 bits per heavy atom. The van der Waals surface area contributed by atoms with Crippen LogP contribution >= 0.6 is 11.6 Å². The van der Waals surface area contributed by atoms with Gasteiger partial charge in [-0.2, -0.15) is 0 Å². The van der Waals surface area contributed by atoms with E-state index in [4.69, 9.17) is 30.9 Å². The summed E-state index contributed by atoms with van der Waals surface area (Å²) >= 11 is 5.96. The van der Waals surface area contributed by atoms with Crippen molar-refractivity contribution in [3.8, 4) is 17.2 Å². The van der Waals surface area contributed by atoms with E-state index in [1.807, 2.05) is 55.5 Å². The van der Waals surface area contributed by atoms with Gasteiger partial charge in [0.1, 0.15) is 23.9 Å². The van der Waals surface area contributed by atoms with E-state index >= 15 is 0 Å². The third-order valence-corrected chi connectivity index (χ3v) is 6.69. The highest BCUT2D eigenvalue weighted by Gasteiger charge is 2.16. The second-order valence-electron chi connectivity index (χ2n) is 9.58. The van der Waals surface area contributed by atoms with Crippen LogP contribution in [0.4, 0.5) is 0 Å². The van der Waals surface area contributed by atoms with Crippen LogP contribution in [-0.4, -0.2) is 41.8 Å². The zero-order chi connectivity index (χ0) is 28.9. The van der Waals surface area contributed by atoms with Crippen molar-refractivity contribution in [2.45, 2.75) is 58.5 Å². The second-order valence-corrected chi connectivity index (χ2v) is 10.0. The number of aliphatic carboxylic acids is 1. The highest BCUT2D eigenvalue weighted by Crippen LogP contribution is 2.33. The molecule has 40 heavy (non-hydrogen) atoms. The lowest BCUT2D eigenvalue weighted by molar-refractivity contribution is -0.144. The average molecular weight is 569 g/mol. The van der Waals surface area contributed by atoms with Gasteiger partial charge in [0.2, 0.25) is 0 Å². The molecule has 0 saturated carbocycles. The topological polar surface area (TPSA) is 102 Å². The quantitative estimate of drug-likeness (QED) is 0.131. The number of carbonyl (C=O) groups is 2. The highest BCUT2D eigenvalue weighted by atomic mass is 35.5. The van der Waals surface area contributed by atoms with Crippen LogP contribution in [0, 0.1) is 0 Å². The maximum Gasteiger partial charge on any atom is 0.329 e. The van der Waals surface area contributed by atoms with Crippen molar-refractivity contribution in [1.29, 1.82) is 0 Å². The maximum atomic E-state index is 11.7. The summed E-state index contributed by atoms with van der Waals surface area (Å²) in [7, 11) is 0. The Kier molecular flexibility index (Phi) is 12.3. The third-order valence-electron chi connectivity index (χ3n) is 6.44. The Bertz CT molecular complexity index is 1240. The molecular weight excluding hydrogens is 532 g/mol. The first-order valence-electron chi connectivity index (χ1n) is 13.6. The van der Waals surface area contributed by atoms with Crippen LogP contribution in [0.25, 0.3) is 0 Å². The van der Waals surface area contributed by atoms with Crippen molar-refractivity contribution in [2.24, 2.45) is 0 Å². The zero-order valence-corrected chi connectivity index (χ0v) is 23.8. The SMILES string of the molecule is CCCc1c(OCCCOc2ccc(C(CCCc3ccc(Cl)cc3)OCC(=O)O)cc2)ccc(C(C)=O)c1O. The minimum absolute atomic E-state index is 0.00110. The number of halogens is 1. The van der Waals surface area contributed by atoms with E-state index in [1.165, 1.54) is 12.5 Å². The molecule has 2 N–H and O–H groups in total. The van der Waals surface area contributed by atoms with Crippen LogP contribution in [-0.2, 0) is 22.4 Å². The molecule has 0 aliphatic heterocycles. The molecule has 0 radical (unpaired) electrons. The number of carboxylic acids is 1. The van der Waals surface area contributed by atoms with Gasteiger partial charge in [-0.25, -0.2) is 4.79 Å². The second kappa shape index (κ2) is 15.9. The molecule has 7 nitrogen and oxygen atoms in total. The molecule has 0 spiro atoms. The number of phenolic OH excluding ortho intramolecular Hbond substituents is 1. The number of aromatic hydroxyl groups is 1. The van der Waals surface area contributed by atoms with Crippen LogP contribution in [0.3, 0.4) is 0 Å². The van der Waals surface area contributed by atoms with Crippen molar-refractivity contribution < 1.29 is 34.0 Å². The molecule has 214 valence electrons. The summed E-state index contributed by atoms with van der Waals surface area (Å²) in [5.74, 6) is 0.0863. The van der Waals surface area contributed by atoms with Gasteiger partial charge < -0.3 is 24.4 Å². The highest BCUT2D eigenvalue weighted by molar-refractivity contribution is 6.30. The predicted molar refractivity (Wildman–Crippen MR) is 155 cm³/mol. The first-order valence-corrected chi connectivity index (χ1v) is 14.0. The van der Waals surface area contributed by atoms with Crippen molar-refractivity contribution in [2.75, 3.05) is 19.8 Å². The van der Waals surface area contributed by atoms with E-state index in [-0.39, 0.29) is 24.2 Å². The molecule has 0 bridgehead atoms. The van der Waals surface area contributed by atoms with E-state index in [0.29, 0.717) is 60.1 Å². The number of ether oxygens (including phenoxy) is 3. The molecule has 0 aromatic heterocycles.